The molecule has 0 amide bonds. The van der Waals surface area contributed by atoms with E-state index >= 15 is 0 Å². The lowest BCUT2D eigenvalue weighted by Crippen LogP contribution is -2.29. The van der Waals surface area contributed by atoms with E-state index in [2.05, 4.69) is 10.3 Å². The molecule has 9 heteroatoms. The fourth-order valence-electron chi connectivity index (χ4n) is 4.78. The maximum Gasteiger partial charge on any atom is 0.270 e. The van der Waals surface area contributed by atoms with Gasteiger partial charge in [-0.3, -0.25) is 15.1 Å². The van der Waals surface area contributed by atoms with Crippen molar-refractivity contribution < 1.29 is 14.1 Å². The van der Waals surface area contributed by atoms with Gasteiger partial charge in [0.1, 0.15) is 29.1 Å². The van der Waals surface area contributed by atoms with Crippen molar-refractivity contribution in [1.82, 2.24) is 10.3 Å². The highest BCUT2D eigenvalue weighted by Gasteiger charge is 2.42. The Balaban J connectivity index is 1.35. The number of non-ortho nitro benzene ring substituents is 1. The number of anilines is 1. The van der Waals surface area contributed by atoms with Gasteiger partial charge in [-0.1, -0.05) is 35.9 Å². The zero-order valence-electron chi connectivity index (χ0n) is 21.4. The molecule has 1 fully saturated rings. The summed E-state index contributed by atoms with van der Waals surface area (Å²) in [7, 11) is 0. The summed E-state index contributed by atoms with van der Waals surface area (Å²) < 4.78 is 12.4. The lowest BCUT2D eigenvalue weighted by molar-refractivity contribution is -0.384. The fraction of sp³-hybridized carbons (Fsp3) is 0.0968. The van der Waals surface area contributed by atoms with Gasteiger partial charge < -0.3 is 19.4 Å². The standard InChI is InChI=1S/C31H24N4O4S/c1-20-8-12-24(13-9-20)38-25-14-10-22(11-15-25)34-30(29(33-31(34)40)26-7-2-3-18-32-26)28-17-16-27(39-28)21-5-4-6-23(19-21)35(36)37/h2-19,29-30H,1H3,(H,33,40). The van der Waals surface area contributed by atoms with Crippen molar-refractivity contribution in [1.29, 1.82) is 0 Å². The van der Waals surface area contributed by atoms with Gasteiger partial charge in [0.05, 0.1) is 16.7 Å². The van der Waals surface area contributed by atoms with Crippen molar-refractivity contribution in [3.05, 3.63) is 136 Å². The maximum atomic E-state index is 11.3. The van der Waals surface area contributed by atoms with Crippen LogP contribution in [-0.4, -0.2) is 15.0 Å². The van der Waals surface area contributed by atoms with Crippen LogP contribution in [0.4, 0.5) is 11.4 Å². The highest BCUT2D eigenvalue weighted by molar-refractivity contribution is 7.80. The van der Waals surface area contributed by atoms with E-state index in [1.165, 1.54) is 12.1 Å². The molecule has 8 nitrogen and oxygen atoms in total. The molecule has 0 spiro atoms. The number of benzene rings is 3. The predicted molar refractivity (Wildman–Crippen MR) is 156 cm³/mol. The topological polar surface area (TPSA) is 93.7 Å². The number of nitro groups is 1. The molecule has 40 heavy (non-hydrogen) atoms. The van der Waals surface area contributed by atoms with Crippen molar-refractivity contribution in [2.24, 2.45) is 0 Å². The Morgan fingerprint density at radius 1 is 0.950 bits per heavy atom. The Morgan fingerprint density at radius 2 is 1.70 bits per heavy atom. The van der Waals surface area contributed by atoms with Crippen LogP contribution in [-0.2, 0) is 0 Å². The summed E-state index contributed by atoms with van der Waals surface area (Å²) >= 11 is 5.81. The number of aryl methyl sites for hydroxylation is 1. The third kappa shape index (κ3) is 5.02. The van der Waals surface area contributed by atoms with E-state index in [4.69, 9.17) is 21.4 Å². The van der Waals surface area contributed by atoms with Crippen LogP contribution in [0.3, 0.4) is 0 Å². The molecule has 1 aliphatic heterocycles. The minimum absolute atomic E-state index is 0.0000883. The van der Waals surface area contributed by atoms with Crippen molar-refractivity contribution >= 4 is 28.7 Å². The van der Waals surface area contributed by atoms with Crippen molar-refractivity contribution in [3.8, 4) is 22.8 Å². The van der Waals surface area contributed by atoms with Crippen LogP contribution in [0.15, 0.2) is 114 Å². The molecule has 6 rings (SSSR count). The number of thiocarbonyl (C=S) groups is 1. The first kappa shape index (κ1) is 25.3. The van der Waals surface area contributed by atoms with Crippen molar-refractivity contribution in [3.63, 3.8) is 0 Å². The number of pyridine rings is 1. The first-order valence-corrected chi connectivity index (χ1v) is 13.1. The van der Waals surface area contributed by atoms with Crippen LogP contribution < -0.4 is 15.0 Å². The Hall–Kier alpha value is -5.02. The van der Waals surface area contributed by atoms with E-state index in [1.807, 2.05) is 90.7 Å². The molecular weight excluding hydrogens is 524 g/mol. The quantitative estimate of drug-likeness (QED) is 0.127. The Morgan fingerprint density at radius 3 is 2.40 bits per heavy atom. The lowest BCUT2D eigenvalue weighted by atomic mass is 10.0. The van der Waals surface area contributed by atoms with Gasteiger partial charge in [-0.25, -0.2) is 0 Å². The molecule has 2 aromatic heterocycles. The summed E-state index contributed by atoms with van der Waals surface area (Å²) in [6.45, 7) is 2.03. The molecule has 3 heterocycles. The third-order valence-electron chi connectivity index (χ3n) is 6.73. The number of ether oxygens (including phenoxy) is 1. The minimum atomic E-state index is -0.419. The largest absolute Gasteiger partial charge is 0.459 e. The van der Waals surface area contributed by atoms with Gasteiger partial charge in [-0.15, -0.1) is 0 Å². The van der Waals surface area contributed by atoms with Gasteiger partial charge in [0.25, 0.3) is 5.69 Å². The average Bonchev–Trinajstić information content (AvgIpc) is 3.60. The van der Waals surface area contributed by atoms with E-state index in [0.29, 0.717) is 27.9 Å². The summed E-state index contributed by atoms with van der Waals surface area (Å²) in [5, 5.41) is 15.2. The normalized spacial score (nSPS) is 16.5. The molecule has 1 saturated heterocycles. The number of furan rings is 1. The Labute approximate surface area is 236 Å². The Bertz CT molecular complexity index is 1670. The molecule has 0 aliphatic carbocycles. The van der Waals surface area contributed by atoms with Crippen LogP contribution in [0.2, 0.25) is 0 Å². The van der Waals surface area contributed by atoms with Gasteiger partial charge in [0, 0.05) is 29.6 Å². The van der Waals surface area contributed by atoms with Crippen LogP contribution in [0.25, 0.3) is 11.3 Å². The summed E-state index contributed by atoms with van der Waals surface area (Å²) in [4.78, 5) is 17.5. The zero-order valence-corrected chi connectivity index (χ0v) is 22.2. The van der Waals surface area contributed by atoms with Gasteiger partial charge in [0.2, 0.25) is 0 Å². The first-order chi connectivity index (χ1) is 19.5. The highest BCUT2D eigenvalue weighted by atomic mass is 32.1. The summed E-state index contributed by atoms with van der Waals surface area (Å²) in [6, 6.07) is 30.8. The molecule has 0 saturated carbocycles. The number of nitro benzene ring substituents is 1. The van der Waals surface area contributed by atoms with E-state index in [-0.39, 0.29) is 17.8 Å². The molecule has 0 bridgehead atoms. The highest BCUT2D eigenvalue weighted by Crippen LogP contribution is 2.43. The second kappa shape index (κ2) is 10.6. The SMILES string of the molecule is Cc1ccc(Oc2ccc(N3C(=S)NC(c4ccccn4)C3c3ccc(-c4cccc([N+](=O)[O-])c4)o3)cc2)cc1. The van der Waals surface area contributed by atoms with E-state index < -0.39 is 4.92 Å². The monoisotopic (exact) mass is 548 g/mol. The predicted octanol–water partition coefficient (Wildman–Crippen LogP) is 7.53. The number of aromatic nitrogens is 1. The molecule has 0 radical (unpaired) electrons. The number of nitrogens with zero attached hydrogens (tertiary/aromatic N) is 3. The molecule has 198 valence electrons. The minimum Gasteiger partial charge on any atom is -0.459 e. The van der Waals surface area contributed by atoms with Gasteiger partial charge in [0.15, 0.2) is 5.11 Å². The Kier molecular flexibility index (Phi) is 6.71. The molecule has 1 N–H and O–H groups in total. The average molecular weight is 549 g/mol. The van der Waals surface area contributed by atoms with Gasteiger partial charge in [-0.2, -0.15) is 0 Å². The van der Waals surface area contributed by atoms with Gasteiger partial charge in [-0.05, 0) is 79.8 Å². The van der Waals surface area contributed by atoms with E-state index in [0.717, 1.165) is 22.7 Å². The number of nitrogens with one attached hydrogen (secondary N) is 1. The second-order valence-electron chi connectivity index (χ2n) is 9.42. The molecular formula is C31H24N4O4S. The second-order valence-corrected chi connectivity index (χ2v) is 9.80. The number of rotatable bonds is 7. The number of hydrogen-bond donors (Lipinski definition) is 1. The maximum absolute atomic E-state index is 11.3. The molecule has 5 aromatic rings. The van der Waals surface area contributed by atoms with Gasteiger partial charge >= 0.3 is 0 Å². The van der Waals surface area contributed by atoms with Crippen LogP contribution >= 0.6 is 12.2 Å². The lowest BCUT2D eigenvalue weighted by Gasteiger charge is -2.26. The van der Waals surface area contributed by atoms with E-state index in [1.54, 1.807) is 18.3 Å². The first-order valence-electron chi connectivity index (χ1n) is 12.7. The van der Waals surface area contributed by atoms with Crippen molar-refractivity contribution in [2.45, 2.75) is 19.0 Å². The van der Waals surface area contributed by atoms with Crippen LogP contribution in [0.1, 0.15) is 29.1 Å². The summed E-state index contributed by atoms with van der Waals surface area (Å²) in [5.74, 6) is 2.63. The smallest absolute Gasteiger partial charge is 0.270 e. The number of hydrogen-bond acceptors (Lipinski definition) is 6. The molecule has 2 unspecified atom stereocenters. The van der Waals surface area contributed by atoms with E-state index in [9.17, 15) is 10.1 Å². The zero-order chi connectivity index (χ0) is 27.6. The molecule has 3 aromatic carbocycles. The van der Waals surface area contributed by atoms with Crippen LogP contribution in [0, 0.1) is 17.0 Å². The summed E-state index contributed by atoms with van der Waals surface area (Å²) in [6.07, 6.45) is 1.74. The fourth-order valence-corrected chi connectivity index (χ4v) is 5.12. The molecule has 2 atom stereocenters. The molecule has 1 aliphatic rings. The third-order valence-corrected chi connectivity index (χ3v) is 7.04. The van der Waals surface area contributed by atoms with Crippen molar-refractivity contribution in [2.75, 3.05) is 4.90 Å². The summed E-state index contributed by atoms with van der Waals surface area (Å²) in [5.41, 5.74) is 3.45. The van der Waals surface area contributed by atoms with Crippen LogP contribution in [0.5, 0.6) is 11.5 Å².